The second-order valence-electron chi connectivity index (χ2n) is 4.55. The number of aryl methyl sites for hydroxylation is 2. The Morgan fingerprint density at radius 2 is 1.88 bits per heavy atom. The van der Waals surface area contributed by atoms with Crippen LogP contribution < -0.4 is 5.32 Å². The Kier molecular flexibility index (Phi) is 3.85. The third-order valence-corrected chi connectivity index (χ3v) is 3.63. The van der Waals surface area contributed by atoms with E-state index in [4.69, 9.17) is 11.6 Å². The fourth-order valence-electron chi connectivity index (χ4n) is 2.12. The summed E-state index contributed by atoms with van der Waals surface area (Å²) in [6.45, 7) is 9.75. The van der Waals surface area contributed by atoms with Crippen LogP contribution in [0, 0.1) is 13.8 Å². The topological polar surface area (TPSA) is 15.3 Å². The van der Waals surface area contributed by atoms with Crippen molar-refractivity contribution in [2.24, 2.45) is 0 Å². The summed E-state index contributed by atoms with van der Waals surface area (Å²) in [4.78, 5) is 2.49. The Balaban J connectivity index is 2.11. The summed E-state index contributed by atoms with van der Waals surface area (Å²) in [6.07, 6.45) is 0. The molecule has 1 fully saturated rings. The molecule has 88 valence electrons. The monoisotopic (exact) mass is 238 g/mol. The maximum Gasteiger partial charge on any atom is 0.0438 e. The van der Waals surface area contributed by atoms with E-state index in [1.165, 1.54) is 16.7 Å². The number of hydrogen-bond donors (Lipinski definition) is 1. The molecule has 1 N–H and O–H groups in total. The van der Waals surface area contributed by atoms with Crippen LogP contribution in [-0.2, 0) is 6.54 Å². The van der Waals surface area contributed by atoms with Gasteiger partial charge in [0.1, 0.15) is 0 Å². The average Bonchev–Trinajstić information content (AvgIpc) is 2.27. The van der Waals surface area contributed by atoms with Gasteiger partial charge in [0, 0.05) is 37.7 Å². The van der Waals surface area contributed by atoms with Gasteiger partial charge in [0.05, 0.1) is 0 Å². The lowest BCUT2D eigenvalue weighted by molar-refractivity contribution is 0.233. The zero-order valence-electron chi connectivity index (χ0n) is 10.0. The third-order valence-electron chi connectivity index (χ3n) is 3.22. The molecule has 0 aromatic heterocycles. The first kappa shape index (κ1) is 11.9. The second kappa shape index (κ2) is 5.17. The van der Waals surface area contributed by atoms with Crippen LogP contribution in [0.2, 0.25) is 5.02 Å². The molecule has 0 amide bonds. The molecule has 1 aromatic carbocycles. The zero-order valence-corrected chi connectivity index (χ0v) is 10.8. The standard InChI is InChI=1S/C13H19ClN2/c1-10-8-13(14)11(2)7-12(10)9-16-5-3-15-4-6-16/h7-8,15H,3-6,9H2,1-2H3. The Morgan fingerprint density at radius 3 is 2.56 bits per heavy atom. The fourth-order valence-corrected chi connectivity index (χ4v) is 2.34. The van der Waals surface area contributed by atoms with E-state index in [2.05, 4.69) is 36.2 Å². The smallest absolute Gasteiger partial charge is 0.0438 e. The molecule has 1 saturated heterocycles. The molecule has 0 atom stereocenters. The SMILES string of the molecule is Cc1cc(CN2CCNCC2)c(C)cc1Cl. The zero-order chi connectivity index (χ0) is 11.5. The normalized spacial score (nSPS) is 17.7. The van der Waals surface area contributed by atoms with E-state index in [0.29, 0.717) is 0 Å². The van der Waals surface area contributed by atoms with Gasteiger partial charge in [-0.1, -0.05) is 17.7 Å². The van der Waals surface area contributed by atoms with E-state index < -0.39 is 0 Å². The molecule has 1 aliphatic rings. The number of benzene rings is 1. The van der Waals surface area contributed by atoms with Gasteiger partial charge in [0.2, 0.25) is 0 Å². The van der Waals surface area contributed by atoms with Gasteiger partial charge in [-0.05, 0) is 36.6 Å². The average molecular weight is 239 g/mol. The van der Waals surface area contributed by atoms with Gasteiger partial charge in [0.15, 0.2) is 0 Å². The minimum absolute atomic E-state index is 0.876. The van der Waals surface area contributed by atoms with Crippen LogP contribution in [0.4, 0.5) is 0 Å². The summed E-state index contributed by atoms with van der Waals surface area (Å²) in [6, 6.07) is 4.30. The minimum atomic E-state index is 0.876. The van der Waals surface area contributed by atoms with E-state index in [0.717, 1.165) is 37.7 Å². The largest absolute Gasteiger partial charge is 0.314 e. The highest BCUT2D eigenvalue weighted by atomic mass is 35.5. The van der Waals surface area contributed by atoms with Crippen LogP contribution in [0.5, 0.6) is 0 Å². The van der Waals surface area contributed by atoms with E-state index in [-0.39, 0.29) is 0 Å². The fraction of sp³-hybridized carbons (Fsp3) is 0.538. The first-order chi connectivity index (χ1) is 7.66. The van der Waals surface area contributed by atoms with Crippen molar-refractivity contribution in [3.05, 3.63) is 33.8 Å². The summed E-state index contributed by atoms with van der Waals surface area (Å²) in [5, 5.41) is 4.25. The van der Waals surface area contributed by atoms with Gasteiger partial charge in [-0.15, -0.1) is 0 Å². The molecule has 0 aliphatic carbocycles. The van der Waals surface area contributed by atoms with Crippen molar-refractivity contribution in [3.8, 4) is 0 Å². The summed E-state index contributed by atoms with van der Waals surface area (Å²) >= 11 is 6.11. The molecule has 1 heterocycles. The van der Waals surface area contributed by atoms with Crippen molar-refractivity contribution < 1.29 is 0 Å². The van der Waals surface area contributed by atoms with E-state index in [9.17, 15) is 0 Å². The molecule has 1 aliphatic heterocycles. The summed E-state index contributed by atoms with van der Waals surface area (Å²) in [7, 11) is 0. The van der Waals surface area contributed by atoms with Crippen LogP contribution in [0.25, 0.3) is 0 Å². The quantitative estimate of drug-likeness (QED) is 0.851. The molecule has 1 aromatic rings. The highest BCUT2D eigenvalue weighted by Gasteiger charge is 2.11. The van der Waals surface area contributed by atoms with Gasteiger partial charge in [-0.3, -0.25) is 4.90 Å². The first-order valence-electron chi connectivity index (χ1n) is 5.85. The Hall–Kier alpha value is -0.570. The minimum Gasteiger partial charge on any atom is -0.314 e. The number of rotatable bonds is 2. The van der Waals surface area contributed by atoms with Crippen molar-refractivity contribution in [3.63, 3.8) is 0 Å². The summed E-state index contributed by atoms with van der Waals surface area (Å²) in [5.74, 6) is 0. The van der Waals surface area contributed by atoms with Gasteiger partial charge in [0.25, 0.3) is 0 Å². The molecule has 3 heteroatoms. The number of nitrogens with one attached hydrogen (secondary N) is 1. The van der Waals surface area contributed by atoms with Gasteiger partial charge >= 0.3 is 0 Å². The van der Waals surface area contributed by atoms with Gasteiger partial charge in [-0.25, -0.2) is 0 Å². The Bertz CT molecular complexity index is 370. The lowest BCUT2D eigenvalue weighted by Crippen LogP contribution is -2.43. The van der Waals surface area contributed by atoms with Crippen molar-refractivity contribution >= 4 is 11.6 Å². The third kappa shape index (κ3) is 2.76. The van der Waals surface area contributed by atoms with Gasteiger partial charge in [-0.2, -0.15) is 0 Å². The molecule has 0 saturated carbocycles. The lowest BCUT2D eigenvalue weighted by atomic mass is 10.0. The molecular weight excluding hydrogens is 220 g/mol. The molecule has 2 nitrogen and oxygen atoms in total. The highest BCUT2D eigenvalue weighted by Crippen LogP contribution is 2.21. The predicted molar refractivity (Wildman–Crippen MR) is 69.1 cm³/mol. The lowest BCUT2D eigenvalue weighted by Gasteiger charge is -2.28. The molecular formula is C13H19ClN2. The van der Waals surface area contributed by atoms with Gasteiger partial charge < -0.3 is 5.32 Å². The molecule has 0 radical (unpaired) electrons. The Morgan fingerprint density at radius 1 is 1.19 bits per heavy atom. The molecule has 0 spiro atoms. The van der Waals surface area contributed by atoms with Crippen LogP contribution in [0.1, 0.15) is 16.7 Å². The number of hydrogen-bond acceptors (Lipinski definition) is 2. The van der Waals surface area contributed by atoms with Crippen LogP contribution in [0.15, 0.2) is 12.1 Å². The molecule has 0 unspecified atom stereocenters. The first-order valence-corrected chi connectivity index (χ1v) is 6.23. The van der Waals surface area contributed by atoms with Crippen molar-refractivity contribution in [2.45, 2.75) is 20.4 Å². The summed E-state index contributed by atoms with van der Waals surface area (Å²) < 4.78 is 0. The van der Waals surface area contributed by atoms with Crippen molar-refractivity contribution in [1.82, 2.24) is 10.2 Å². The highest BCUT2D eigenvalue weighted by molar-refractivity contribution is 6.31. The molecule has 16 heavy (non-hydrogen) atoms. The van der Waals surface area contributed by atoms with E-state index >= 15 is 0 Å². The Labute approximate surface area is 103 Å². The predicted octanol–water partition coefficient (Wildman–Crippen LogP) is 2.36. The number of halogens is 1. The van der Waals surface area contributed by atoms with E-state index in [1.807, 2.05) is 0 Å². The maximum atomic E-state index is 6.11. The number of nitrogens with zero attached hydrogens (tertiary/aromatic N) is 1. The van der Waals surface area contributed by atoms with Crippen LogP contribution >= 0.6 is 11.6 Å². The second-order valence-corrected chi connectivity index (χ2v) is 4.96. The molecule has 2 rings (SSSR count). The summed E-state index contributed by atoms with van der Waals surface area (Å²) in [5.41, 5.74) is 3.88. The van der Waals surface area contributed by atoms with Crippen LogP contribution in [-0.4, -0.2) is 31.1 Å². The van der Waals surface area contributed by atoms with Crippen molar-refractivity contribution in [2.75, 3.05) is 26.2 Å². The maximum absolute atomic E-state index is 6.11. The van der Waals surface area contributed by atoms with Crippen LogP contribution in [0.3, 0.4) is 0 Å². The number of piperazine rings is 1. The van der Waals surface area contributed by atoms with E-state index in [1.54, 1.807) is 0 Å². The van der Waals surface area contributed by atoms with Crippen molar-refractivity contribution in [1.29, 1.82) is 0 Å². The molecule has 0 bridgehead atoms.